The Balaban J connectivity index is 1.76. The van der Waals surface area contributed by atoms with Crippen molar-refractivity contribution < 1.29 is 9.53 Å². The van der Waals surface area contributed by atoms with E-state index in [1.807, 2.05) is 42.2 Å². The number of rotatable bonds is 2. The van der Waals surface area contributed by atoms with Gasteiger partial charge in [-0.25, -0.2) is 0 Å². The topological polar surface area (TPSA) is 32.8 Å². The minimum absolute atomic E-state index is 0.0673. The van der Waals surface area contributed by atoms with Gasteiger partial charge in [-0.1, -0.05) is 18.2 Å². The van der Waals surface area contributed by atoms with Crippen molar-refractivity contribution in [2.45, 2.75) is 12.5 Å². The standard InChI is InChI=1S/C12H13NO2/c1-12(8-15-12)10-7-13(11(10)14)9-5-3-2-4-6-9/h2-6,10H,7-8H2,1H3. The Bertz CT molecular complexity index is 397. The van der Waals surface area contributed by atoms with Crippen molar-refractivity contribution in [1.82, 2.24) is 0 Å². The summed E-state index contributed by atoms with van der Waals surface area (Å²) in [5.41, 5.74) is 0.825. The number of para-hydroxylation sites is 1. The van der Waals surface area contributed by atoms with E-state index in [9.17, 15) is 4.79 Å². The minimum Gasteiger partial charge on any atom is -0.369 e. The number of nitrogens with zero attached hydrogens (tertiary/aromatic N) is 1. The van der Waals surface area contributed by atoms with Crippen LogP contribution in [0.2, 0.25) is 0 Å². The third-order valence-electron chi connectivity index (χ3n) is 3.33. The van der Waals surface area contributed by atoms with Gasteiger partial charge in [0.2, 0.25) is 5.91 Å². The molecule has 1 aromatic rings. The van der Waals surface area contributed by atoms with Gasteiger partial charge in [0.05, 0.1) is 12.5 Å². The van der Waals surface area contributed by atoms with Crippen molar-refractivity contribution in [3.63, 3.8) is 0 Å². The summed E-state index contributed by atoms with van der Waals surface area (Å²) in [4.78, 5) is 13.7. The number of benzene rings is 1. The maximum atomic E-state index is 11.9. The predicted molar refractivity (Wildman–Crippen MR) is 56.6 cm³/mol. The molecule has 3 heteroatoms. The van der Waals surface area contributed by atoms with Gasteiger partial charge in [0.1, 0.15) is 5.60 Å². The molecule has 2 heterocycles. The van der Waals surface area contributed by atoms with Gasteiger partial charge in [-0.15, -0.1) is 0 Å². The molecular weight excluding hydrogens is 190 g/mol. The number of hydrogen-bond acceptors (Lipinski definition) is 2. The number of carbonyl (C=O) groups excluding carboxylic acids is 1. The molecule has 0 bridgehead atoms. The molecule has 3 nitrogen and oxygen atoms in total. The number of carbonyl (C=O) groups is 1. The van der Waals surface area contributed by atoms with Crippen LogP contribution in [0.5, 0.6) is 0 Å². The average Bonchev–Trinajstić information content (AvgIpc) is 2.96. The van der Waals surface area contributed by atoms with Gasteiger partial charge in [-0.05, 0) is 19.1 Å². The molecule has 78 valence electrons. The molecule has 3 rings (SSSR count). The van der Waals surface area contributed by atoms with Crippen LogP contribution in [0, 0.1) is 5.92 Å². The molecule has 0 aromatic heterocycles. The molecule has 2 aliphatic heterocycles. The zero-order valence-electron chi connectivity index (χ0n) is 8.64. The van der Waals surface area contributed by atoms with E-state index in [2.05, 4.69) is 0 Å². The average molecular weight is 203 g/mol. The molecule has 0 N–H and O–H groups in total. The summed E-state index contributed by atoms with van der Waals surface area (Å²) in [5, 5.41) is 0. The summed E-state index contributed by atoms with van der Waals surface area (Å²) in [6.07, 6.45) is 0. The number of β-lactam (4-membered cyclic amide) rings is 1. The van der Waals surface area contributed by atoms with Gasteiger partial charge in [0.15, 0.2) is 0 Å². The molecule has 2 atom stereocenters. The summed E-state index contributed by atoms with van der Waals surface area (Å²) in [5.74, 6) is 0.263. The van der Waals surface area contributed by atoms with Gasteiger partial charge in [0.25, 0.3) is 0 Å². The van der Waals surface area contributed by atoms with Gasteiger partial charge in [-0.3, -0.25) is 4.79 Å². The van der Waals surface area contributed by atoms with E-state index in [1.54, 1.807) is 0 Å². The molecule has 0 spiro atoms. The number of amides is 1. The van der Waals surface area contributed by atoms with Crippen LogP contribution in [0.3, 0.4) is 0 Å². The van der Waals surface area contributed by atoms with Gasteiger partial charge >= 0.3 is 0 Å². The lowest BCUT2D eigenvalue weighted by Gasteiger charge is -2.40. The van der Waals surface area contributed by atoms with Crippen LogP contribution in [-0.2, 0) is 9.53 Å². The largest absolute Gasteiger partial charge is 0.369 e. The van der Waals surface area contributed by atoms with Crippen LogP contribution < -0.4 is 4.90 Å². The highest BCUT2D eigenvalue weighted by Crippen LogP contribution is 2.42. The zero-order chi connectivity index (χ0) is 10.5. The highest BCUT2D eigenvalue weighted by Gasteiger charge is 2.57. The number of ether oxygens (including phenoxy) is 1. The van der Waals surface area contributed by atoms with Gasteiger partial charge in [-0.2, -0.15) is 0 Å². The summed E-state index contributed by atoms with van der Waals surface area (Å²) in [6.45, 7) is 3.53. The molecule has 0 radical (unpaired) electrons. The van der Waals surface area contributed by atoms with Crippen molar-refractivity contribution >= 4 is 11.6 Å². The second-order valence-corrected chi connectivity index (χ2v) is 4.44. The number of epoxide rings is 1. The fourth-order valence-electron chi connectivity index (χ4n) is 2.04. The second kappa shape index (κ2) is 2.83. The molecule has 2 unspecified atom stereocenters. The lowest BCUT2D eigenvalue weighted by Crippen LogP contribution is -2.58. The first-order valence-corrected chi connectivity index (χ1v) is 5.21. The van der Waals surface area contributed by atoms with E-state index in [1.165, 1.54) is 0 Å². The van der Waals surface area contributed by atoms with Crippen LogP contribution in [0.25, 0.3) is 0 Å². The van der Waals surface area contributed by atoms with Gasteiger partial charge in [0, 0.05) is 12.2 Å². The fraction of sp³-hybridized carbons (Fsp3) is 0.417. The highest BCUT2D eigenvalue weighted by atomic mass is 16.6. The van der Waals surface area contributed by atoms with E-state index in [-0.39, 0.29) is 17.4 Å². The Morgan fingerprint density at radius 3 is 2.60 bits per heavy atom. The summed E-state index contributed by atoms with van der Waals surface area (Å²) < 4.78 is 5.31. The smallest absolute Gasteiger partial charge is 0.234 e. The van der Waals surface area contributed by atoms with Crippen molar-refractivity contribution in [1.29, 1.82) is 0 Å². The van der Waals surface area contributed by atoms with Crippen molar-refractivity contribution in [2.75, 3.05) is 18.1 Å². The van der Waals surface area contributed by atoms with Crippen LogP contribution in [0.15, 0.2) is 30.3 Å². The fourth-order valence-corrected chi connectivity index (χ4v) is 2.04. The normalized spacial score (nSPS) is 33.8. The Hall–Kier alpha value is -1.35. The third-order valence-corrected chi connectivity index (χ3v) is 3.33. The summed E-state index contributed by atoms with van der Waals surface area (Å²) >= 11 is 0. The minimum atomic E-state index is -0.164. The maximum Gasteiger partial charge on any atom is 0.234 e. The van der Waals surface area contributed by atoms with Crippen LogP contribution in [0.4, 0.5) is 5.69 Å². The van der Waals surface area contributed by atoms with Crippen molar-refractivity contribution in [3.8, 4) is 0 Å². The lowest BCUT2D eigenvalue weighted by atomic mass is 9.86. The first-order chi connectivity index (χ1) is 7.21. The molecule has 0 aliphatic carbocycles. The van der Waals surface area contributed by atoms with E-state index < -0.39 is 0 Å². The lowest BCUT2D eigenvalue weighted by molar-refractivity contribution is -0.129. The van der Waals surface area contributed by atoms with Gasteiger partial charge < -0.3 is 9.64 Å². The molecule has 15 heavy (non-hydrogen) atoms. The first-order valence-electron chi connectivity index (χ1n) is 5.21. The summed E-state index contributed by atoms with van der Waals surface area (Å²) in [6, 6.07) is 9.78. The molecular formula is C12H13NO2. The third kappa shape index (κ3) is 1.27. The quantitative estimate of drug-likeness (QED) is 0.538. The predicted octanol–water partition coefficient (Wildman–Crippen LogP) is 1.44. The Morgan fingerprint density at radius 2 is 2.07 bits per heavy atom. The Morgan fingerprint density at radius 1 is 1.40 bits per heavy atom. The molecule has 1 amide bonds. The van der Waals surface area contributed by atoms with Crippen LogP contribution in [0.1, 0.15) is 6.92 Å². The van der Waals surface area contributed by atoms with Crippen molar-refractivity contribution in [2.24, 2.45) is 5.92 Å². The first kappa shape index (κ1) is 8.92. The SMILES string of the molecule is CC1(C2CN(c3ccccc3)C2=O)CO1. The Labute approximate surface area is 88.6 Å². The molecule has 2 aliphatic rings. The van der Waals surface area contributed by atoms with E-state index >= 15 is 0 Å². The monoisotopic (exact) mass is 203 g/mol. The molecule has 1 aromatic carbocycles. The second-order valence-electron chi connectivity index (χ2n) is 4.44. The Kier molecular flexibility index (Phi) is 1.68. The maximum absolute atomic E-state index is 11.9. The van der Waals surface area contributed by atoms with Crippen LogP contribution in [-0.4, -0.2) is 24.7 Å². The zero-order valence-corrected chi connectivity index (χ0v) is 8.64. The van der Waals surface area contributed by atoms with E-state index in [0.717, 1.165) is 18.8 Å². The van der Waals surface area contributed by atoms with Crippen molar-refractivity contribution in [3.05, 3.63) is 30.3 Å². The molecule has 2 fully saturated rings. The van der Waals surface area contributed by atoms with E-state index in [4.69, 9.17) is 4.74 Å². The highest BCUT2D eigenvalue weighted by molar-refractivity contribution is 6.02. The number of anilines is 1. The van der Waals surface area contributed by atoms with Crippen LogP contribution >= 0.6 is 0 Å². The molecule has 2 saturated heterocycles. The molecule has 0 saturated carbocycles. The summed E-state index contributed by atoms with van der Waals surface area (Å²) in [7, 11) is 0. The number of hydrogen-bond donors (Lipinski definition) is 0. The van der Waals surface area contributed by atoms with E-state index in [0.29, 0.717) is 0 Å².